The second-order valence-electron chi connectivity index (χ2n) is 5.08. The summed E-state index contributed by atoms with van der Waals surface area (Å²) in [7, 11) is 0. The van der Waals surface area contributed by atoms with Crippen molar-refractivity contribution in [2.45, 2.75) is 39.3 Å². The van der Waals surface area contributed by atoms with Gasteiger partial charge < -0.3 is 16.4 Å². The first-order valence-corrected chi connectivity index (χ1v) is 5.10. The van der Waals surface area contributed by atoms with Gasteiger partial charge in [0.05, 0.1) is 6.04 Å². The maximum Gasteiger partial charge on any atom is 0.240 e. The molecule has 86 valence electrons. The van der Waals surface area contributed by atoms with Gasteiger partial charge in [-0.2, -0.15) is 0 Å². The van der Waals surface area contributed by atoms with Gasteiger partial charge in [0.1, 0.15) is 6.04 Å². The van der Waals surface area contributed by atoms with Crippen LogP contribution in [0.25, 0.3) is 0 Å². The Labute approximate surface area is 89.8 Å². The zero-order valence-corrected chi connectivity index (χ0v) is 9.49. The van der Waals surface area contributed by atoms with E-state index in [0.717, 1.165) is 0 Å². The molecule has 5 nitrogen and oxygen atoms in total. The Kier molecular flexibility index (Phi) is 3.04. The fraction of sp³-hybridized carbons (Fsp3) is 0.800. The van der Waals surface area contributed by atoms with E-state index in [1.54, 1.807) is 0 Å². The molecule has 5 heteroatoms. The van der Waals surface area contributed by atoms with Crippen molar-refractivity contribution < 1.29 is 9.59 Å². The third-order valence-corrected chi connectivity index (χ3v) is 2.83. The number of amides is 2. The Hall–Kier alpha value is -1.10. The summed E-state index contributed by atoms with van der Waals surface area (Å²) in [5.41, 5.74) is 10.7. The summed E-state index contributed by atoms with van der Waals surface area (Å²) >= 11 is 0. The van der Waals surface area contributed by atoms with E-state index in [0.29, 0.717) is 13.0 Å². The lowest BCUT2D eigenvalue weighted by atomic mass is 9.85. The first kappa shape index (κ1) is 12.0. The highest BCUT2D eigenvalue weighted by molar-refractivity contribution is 5.90. The summed E-state index contributed by atoms with van der Waals surface area (Å²) in [5.74, 6) is -0.631. The molecule has 0 aromatic carbocycles. The Morgan fingerprint density at radius 1 is 1.40 bits per heavy atom. The van der Waals surface area contributed by atoms with Crippen LogP contribution in [0.1, 0.15) is 27.2 Å². The molecule has 0 radical (unpaired) electrons. The minimum Gasteiger partial charge on any atom is -0.368 e. The molecule has 0 aliphatic carbocycles. The van der Waals surface area contributed by atoms with Crippen LogP contribution >= 0.6 is 0 Å². The average molecular weight is 213 g/mol. The van der Waals surface area contributed by atoms with E-state index in [2.05, 4.69) is 0 Å². The Morgan fingerprint density at radius 2 is 1.93 bits per heavy atom. The van der Waals surface area contributed by atoms with Crippen molar-refractivity contribution in [3.05, 3.63) is 0 Å². The minimum absolute atomic E-state index is 0.183. The van der Waals surface area contributed by atoms with Gasteiger partial charge in [0.25, 0.3) is 0 Å². The fourth-order valence-electron chi connectivity index (χ4n) is 1.50. The number of primary amides is 1. The number of likely N-dealkylation sites (tertiary alicyclic amines) is 1. The summed E-state index contributed by atoms with van der Waals surface area (Å²) in [6.45, 7) is 6.27. The smallest absolute Gasteiger partial charge is 0.240 e. The number of hydrogen-bond acceptors (Lipinski definition) is 3. The van der Waals surface area contributed by atoms with Crippen LogP contribution in [0.15, 0.2) is 0 Å². The summed E-state index contributed by atoms with van der Waals surface area (Å²) in [6.07, 6.45) is 0.651. The number of nitrogens with two attached hydrogens (primary N) is 2. The predicted molar refractivity (Wildman–Crippen MR) is 56.7 cm³/mol. The standard InChI is InChI=1S/C10H19N3O2/c1-10(2,3)7(11)9(15)13-5-4-6(13)8(12)14/h6-7H,4-5,11H2,1-3H3,(H2,12,14)/t6?,7-/m0/s1. The van der Waals surface area contributed by atoms with Crippen LogP contribution in [0.5, 0.6) is 0 Å². The first-order chi connectivity index (χ1) is 6.75. The maximum absolute atomic E-state index is 11.9. The van der Waals surface area contributed by atoms with Gasteiger partial charge >= 0.3 is 0 Å². The molecule has 0 bridgehead atoms. The van der Waals surface area contributed by atoms with Crippen molar-refractivity contribution in [3.63, 3.8) is 0 Å². The summed E-state index contributed by atoms with van der Waals surface area (Å²) in [6, 6.07) is -1.04. The lowest BCUT2D eigenvalue weighted by Gasteiger charge is -2.42. The molecule has 1 aliphatic rings. The monoisotopic (exact) mass is 213 g/mol. The normalized spacial score (nSPS) is 23.2. The van der Waals surface area contributed by atoms with E-state index >= 15 is 0 Å². The lowest BCUT2D eigenvalue weighted by Crippen LogP contribution is -2.62. The first-order valence-electron chi connectivity index (χ1n) is 5.10. The lowest BCUT2D eigenvalue weighted by molar-refractivity contribution is -0.148. The van der Waals surface area contributed by atoms with E-state index in [4.69, 9.17) is 11.5 Å². The van der Waals surface area contributed by atoms with Crippen molar-refractivity contribution in [1.82, 2.24) is 4.90 Å². The van der Waals surface area contributed by atoms with E-state index in [9.17, 15) is 9.59 Å². The molecule has 4 N–H and O–H groups in total. The Balaban J connectivity index is 2.66. The van der Waals surface area contributed by atoms with Gasteiger partial charge in [-0.15, -0.1) is 0 Å². The Morgan fingerprint density at radius 3 is 2.20 bits per heavy atom. The van der Waals surface area contributed by atoms with Gasteiger partial charge in [-0.1, -0.05) is 20.8 Å². The topological polar surface area (TPSA) is 89.4 Å². The highest BCUT2D eigenvalue weighted by atomic mass is 16.2. The Bertz CT molecular complexity index is 283. The average Bonchev–Trinajstić information content (AvgIpc) is 1.97. The molecule has 1 unspecified atom stereocenters. The number of nitrogens with zero attached hydrogens (tertiary/aromatic N) is 1. The van der Waals surface area contributed by atoms with Crippen LogP contribution in [-0.4, -0.2) is 35.3 Å². The molecule has 1 saturated heterocycles. The van der Waals surface area contributed by atoms with Crippen LogP contribution in [0.4, 0.5) is 0 Å². The molecule has 15 heavy (non-hydrogen) atoms. The number of carbonyl (C=O) groups is 2. The van der Waals surface area contributed by atoms with E-state index < -0.39 is 18.0 Å². The number of hydrogen-bond donors (Lipinski definition) is 2. The predicted octanol–water partition coefficient (Wildman–Crippen LogP) is -0.554. The van der Waals surface area contributed by atoms with Gasteiger partial charge in [-0.3, -0.25) is 9.59 Å². The van der Waals surface area contributed by atoms with Crippen molar-refractivity contribution in [2.75, 3.05) is 6.54 Å². The van der Waals surface area contributed by atoms with E-state index in [1.807, 2.05) is 20.8 Å². The summed E-state index contributed by atoms with van der Waals surface area (Å²) in [4.78, 5) is 24.3. The van der Waals surface area contributed by atoms with Gasteiger partial charge in [0.15, 0.2) is 0 Å². The van der Waals surface area contributed by atoms with Gasteiger partial charge in [-0.25, -0.2) is 0 Å². The van der Waals surface area contributed by atoms with E-state index in [-0.39, 0.29) is 11.3 Å². The van der Waals surface area contributed by atoms with Gasteiger partial charge in [0, 0.05) is 6.54 Å². The second-order valence-corrected chi connectivity index (χ2v) is 5.08. The summed E-state index contributed by atoms with van der Waals surface area (Å²) in [5, 5.41) is 0. The molecule has 1 aliphatic heterocycles. The SMILES string of the molecule is CC(C)(C)[C@@H](N)C(=O)N1CCC1C(N)=O. The molecule has 2 atom stereocenters. The molecular weight excluding hydrogens is 194 g/mol. The fourth-order valence-corrected chi connectivity index (χ4v) is 1.50. The zero-order chi connectivity index (χ0) is 11.8. The van der Waals surface area contributed by atoms with E-state index in [1.165, 1.54) is 4.90 Å². The molecule has 0 saturated carbocycles. The highest BCUT2D eigenvalue weighted by Gasteiger charge is 2.41. The van der Waals surface area contributed by atoms with Gasteiger partial charge in [-0.05, 0) is 11.8 Å². The largest absolute Gasteiger partial charge is 0.368 e. The van der Waals surface area contributed by atoms with Crippen LogP contribution in [0, 0.1) is 5.41 Å². The van der Waals surface area contributed by atoms with Crippen LogP contribution in [-0.2, 0) is 9.59 Å². The van der Waals surface area contributed by atoms with Crippen molar-refractivity contribution in [2.24, 2.45) is 16.9 Å². The maximum atomic E-state index is 11.9. The molecule has 1 fully saturated rings. The zero-order valence-electron chi connectivity index (χ0n) is 9.49. The van der Waals surface area contributed by atoms with Crippen LogP contribution in [0.2, 0.25) is 0 Å². The van der Waals surface area contributed by atoms with Crippen molar-refractivity contribution >= 4 is 11.8 Å². The molecule has 0 aromatic heterocycles. The molecule has 1 rings (SSSR count). The number of rotatable bonds is 2. The highest BCUT2D eigenvalue weighted by Crippen LogP contribution is 2.24. The minimum atomic E-state index is -0.584. The van der Waals surface area contributed by atoms with Gasteiger partial charge in [0.2, 0.25) is 11.8 Å². The molecular formula is C10H19N3O2. The molecule has 0 spiro atoms. The van der Waals surface area contributed by atoms with Crippen LogP contribution in [0.3, 0.4) is 0 Å². The molecule has 2 amide bonds. The molecule has 0 aromatic rings. The number of carbonyl (C=O) groups excluding carboxylic acids is 2. The second kappa shape index (κ2) is 3.81. The third-order valence-electron chi connectivity index (χ3n) is 2.83. The van der Waals surface area contributed by atoms with Crippen molar-refractivity contribution in [1.29, 1.82) is 0 Å². The molecule has 1 heterocycles. The quantitative estimate of drug-likeness (QED) is 0.644. The third kappa shape index (κ3) is 2.28. The van der Waals surface area contributed by atoms with Crippen molar-refractivity contribution in [3.8, 4) is 0 Å². The summed E-state index contributed by atoms with van der Waals surface area (Å²) < 4.78 is 0. The van der Waals surface area contributed by atoms with Crippen LogP contribution < -0.4 is 11.5 Å².